The van der Waals surface area contributed by atoms with Crippen LogP contribution in [0.4, 0.5) is 5.69 Å². The molecule has 102 valence electrons. The second kappa shape index (κ2) is 5.27. The minimum absolute atomic E-state index is 0.0524. The first kappa shape index (κ1) is 12.6. The molecule has 3 rings (SSSR count). The average Bonchev–Trinajstić information content (AvgIpc) is 2.85. The molecule has 2 fully saturated rings. The Kier molecular flexibility index (Phi) is 3.48. The van der Waals surface area contributed by atoms with Crippen molar-refractivity contribution in [3.63, 3.8) is 0 Å². The van der Waals surface area contributed by atoms with Gasteiger partial charge in [-0.05, 0) is 50.9 Å². The Bertz CT molecular complexity index is 443. The van der Waals surface area contributed by atoms with E-state index in [9.17, 15) is 4.79 Å². The molecule has 1 spiro atoms. The van der Waals surface area contributed by atoms with Gasteiger partial charge in [0.05, 0.1) is 17.5 Å². The van der Waals surface area contributed by atoms with Gasteiger partial charge < -0.3 is 15.4 Å². The zero-order chi connectivity index (χ0) is 13.1. The molecule has 0 aliphatic carbocycles. The summed E-state index contributed by atoms with van der Waals surface area (Å²) < 4.78 is 6.05. The zero-order valence-electron chi connectivity index (χ0n) is 10.9. The van der Waals surface area contributed by atoms with Gasteiger partial charge in [0.15, 0.2) is 0 Å². The first-order valence-electron chi connectivity index (χ1n) is 6.87. The Balaban J connectivity index is 1.60. The Morgan fingerprint density at radius 2 is 2.26 bits per heavy atom. The van der Waals surface area contributed by atoms with Gasteiger partial charge in [-0.2, -0.15) is 0 Å². The van der Waals surface area contributed by atoms with Crippen LogP contribution in [0.1, 0.15) is 25.7 Å². The SMILES string of the molecule is O=C(Nc1cccnc1)C1CCC2(CCNCC2)O1. The monoisotopic (exact) mass is 261 g/mol. The van der Waals surface area contributed by atoms with Crippen LogP contribution in [0.2, 0.25) is 0 Å². The maximum absolute atomic E-state index is 12.2. The van der Waals surface area contributed by atoms with Crippen LogP contribution < -0.4 is 10.6 Å². The lowest BCUT2D eigenvalue weighted by atomic mass is 9.89. The quantitative estimate of drug-likeness (QED) is 0.843. The van der Waals surface area contributed by atoms with Crippen LogP contribution in [0.15, 0.2) is 24.5 Å². The van der Waals surface area contributed by atoms with Crippen LogP contribution in [0.3, 0.4) is 0 Å². The van der Waals surface area contributed by atoms with E-state index >= 15 is 0 Å². The molecule has 1 unspecified atom stereocenters. The maximum atomic E-state index is 12.2. The molecule has 3 heterocycles. The van der Waals surface area contributed by atoms with Gasteiger partial charge in [0, 0.05) is 6.20 Å². The zero-order valence-corrected chi connectivity index (χ0v) is 10.9. The Hall–Kier alpha value is -1.46. The van der Waals surface area contributed by atoms with Gasteiger partial charge in [0.25, 0.3) is 5.91 Å². The van der Waals surface area contributed by atoms with Crippen molar-refractivity contribution in [1.82, 2.24) is 10.3 Å². The standard InChI is InChI=1S/C14H19N3O2/c18-13(17-11-2-1-7-16-10-11)12-3-4-14(19-12)5-8-15-9-6-14/h1-2,7,10,12,15H,3-6,8-9H2,(H,17,18). The lowest BCUT2D eigenvalue weighted by molar-refractivity contribution is -0.133. The Labute approximate surface area is 112 Å². The van der Waals surface area contributed by atoms with Crippen molar-refractivity contribution in [2.24, 2.45) is 0 Å². The number of rotatable bonds is 2. The van der Waals surface area contributed by atoms with Gasteiger partial charge in [-0.3, -0.25) is 9.78 Å². The van der Waals surface area contributed by atoms with Crippen molar-refractivity contribution < 1.29 is 9.53 Å². The third kappa shape index (κ3) is 2.77. The minimum atomic E-state index is -0.321. The molecule has 5 heteroatoms. The van der Waals surface area contributed by atoms with Crippen molar-refractivity contribution in [3.05, 3.63) is 24.5 Å². The van der Waals surface area contributed by atoms with Crippen molar-refractivity contribution in [1.29, 1.82) is 0 Å². The number of amides is 1. The molecule has 0 bridgehead atoms. The number of carbonyl (C=O) groups is 1. The summed E-state index contributed by atoms with van der Waals surface area (Å²) in [7, 11) is 0. The van der Waals surface area contributed by atoms with Crippen molar-refractivity contribution in [3.8, 4) is 0 Å². The first-order chi connectivity index (χ1) is 9.27. The number of hydrogen-bond donors (Lipinski definition) is 2. The number of piperidine rings is 1. The molecule has 19 heavy (non-hydrogen) atoms. The third-order valence-corrected chi connectivity index (χ3v) is 3.99. The number of aromatic nitrogens is 1. The second-order valence-corrected chi connectivity index (χ2v) is 5.31. The van der Waals surface area contributed by atoms with E-state index in [4.69, 9.17) is 4.74 Å². The van der Waals surface area contributed by atoms with Gasteiger partial charge in [-0.15, -0.1) is 0 Å². The van der Waals surface area contributed by atoms with Crippen LogP contribution in [0.25, 0.3) is 0 Å². The lowest BCUT2D eigenvalue weighted by Gasteiger charge is -2.33. The van der Waals surface area contributed by atoms with E-state index in [1.807, 2.05) is 6.07 Å². The summed E-state index contributed by atoms with van der Waals surface area (Å²) in [5.41, 5.74) is 0.657. The molecule has 2 saturated heterocycles. The molecule has 1 atom stereocenters. The van der Waals surface area contributed by atoms with Gasteiger partial charge in [-0.25, -0.2) is 0 Å². The van der Waals surface area contributed by atoms with Crippen molar-refractivity contribution >= 4 is 11.6 Å². The van der Waals surface area contributed by atoms with Gasteiger partial charge in [0.1, 0.15) is 6.10 Å². The average molecular weight is 261 g/mol. The fourth-order valence-electron chi connectivity index (χ4n) is 2.91. The number of hydrogen-bond acceptors (Lipinski definition) is 4. The number of pyridine rings is 1. The summed E-state index contributed by atoms with van der Waals surface area (Å²) in [6.07, 6.45) is 6.82. The highest BCUT2D eigenvalue weighted by atomic mass is 16.5. The van der Waals surface area contributed by atoms with Crippen LogP contribution in [0, 0.1) is 0 Å². The summed E-state index contributed by atoms with van der Waals surface area (Å²) in [5.74, 6) is -0.0524. The Morgan fingerprint density at radius 1 is 1.42 bits per heavy atom. The molecule has 2 aliphatic rings. The highest BCUT2D eigenvalue weighted by Gasteiger charge is 2.43. The number of carbonyl (C=O) groups excluding carboxylic acids is 1. The van der Waals surface area contributed by atoms with Gasteiger partial charge >= 0.3 is 0 Å². The number of anilines is 1. The number of nitrogens with one attached hydrogen (secondary N) is 2. The fourth-order valence-corrected chi connectivity index (χ4v) is 2.91. The van der Waals surface area contributed by atoms with Crippen LogP contribution in [-0.4, -0.2) is 35.7 Å². The normalized spacial score (nSPS) is 25.4. The number of nitrogens with zero attached hydrogens (tertiary/aromatic N) is 1. The van der Waals surface area contributed by atoms with Crippen molar-refractivity contribution in [2.45, 2.75) is 37.4 Å². The molecule has 2 N–H and O–H groups in total. The molecule has 0 radical (unpaired) electrons. The minimum Gasteiger partial charge on any atom is -0.362 e. The molecule has 2 aliphatic heterocycles. The smallest absolute Gasteiger partial charge is 0.253 e. The first-order valence-corrected chi connectivity index (χ1v) is 6.87. The van der Waals surface area contributed by atoms with Gasteiger partial charge in [-0.1, -0.05) is 0 Å². The van der Waals surface area contributed by atoms with Crippen LogP contribution >= 0.6 is 0 Å². The lowest BCUT2D eigenvalue weighted by Crippen LogP contribution is -2.43. The molecule has 1 aromatic heterocycles. The van der Waals surface area contributed by atoms with E-state index < -0.39 is 0 Å². The molecule has 1 aromatic rings. The maximum Gasteiger partial charge on any atom is 0.253 e. The third-order valence-electron chi connectivity index (χ3n) is 3.99. The van der Waals surface area contributed by atoms with E-state index in [2.05, 4.69) is 15.6 Å². The molecule has 0 aromatic carbocycles. The summed E-state index contributed by atoms with van der Waals surface area (Å²) in [6.45, 7) is 1.97. The highest BCUT2D eigenvalue weighted by molar-refractivity contribution is 5.94. The van der Waals surface area contributed by atoms with Crippen molar-refractivity contribution in [2.75, 3.05) is 18.4 Å². The van der Waals surface area contributed by atoms with Gasteiger partial charge in [0.2, 0.25) is 0 Å². The largest absolute Gasteiger partial charge is 0.362 e. The molecular weight excluding hydrogens is 242 g/mol. The summed E-state index contributed by atoms with van der Waals surface area (Å²) >= 11 is 0. The number of ether oxygens (including phenoxy) is 1. The molecular formula is C14H19N3O2. The fraction of sp³-hybridized carbons (Fsp3) is 0.571. The summed E-state index contributed by atoms with van der Waals surface area (Å²) in [4.78, 5) is 16.1. The van der Waals surface area contributed by atoms with E-state index in [-0.39, 0.29) is 17.6 Å². The van der Waals surface area contributed by atoms with Crippen LogP contribution in [-0.2, 0) is 9.53 Å². The molecule has 0 saturated carbocycles. The van der Waals surface area contributed by atoms with E-state index in [0.29, 0.717) is 0 Å². The van der Waals surface area contributed by atoms with E-state index in [1.165, 1.54) is 0 Å². The highest BCUT2D eigenvalue weighted by Crippen LogP contribution is 2.37. The summed E-state index contributed by atoms with van der Waals surface area (Å²) in [5, 5.41) is 6.19. The molecule has 1 amide bonds. The predicted molar refractivity (Wildman–Crippen MR) is 71.8 cm³/mol. The molecule has 5 nitrogen and oxygen atoms in total. The Morgan fingerprint density at radius 3 is 3.00 bits per heavy atom. The summed E-state index contributed by atoms with van der Waals surface area (Å²) in [6, 6.07) is 3.64. The van der Waals surface area contributed by atoms with Crippen LogP contribution in [0.5, 0.6) is 0 Å². The topological polar surface area (TPSA) is 63.2 Å². The van der Waals surface area contributed by atoms with E-state index in [0.717, 1.165) is 44.5 Å². The van der Waals surface area contributed by atoms with E-state index in [1.54, 1.807) is 18.5 Å². The second-order valence-electron chi connectivity index (χ2n) is 5.31. The predicted octanol–water partition coefficient (Wildman–Crippen LogP) is 1.32.